The lowest BCUT2D eigenvalue weighted by Gasteiger charge is -2.34. The van der Waals surface area contributed by atoms with Crippen LogP contribution in [-0.4, -0.2) is 5.78 Å². The fourth-order valence-electron chi connectivity index (χ4n) is 2.93. The number of hydrogen-bond acceptors (Lipinski definition) is 1. The summed E-state index contributed by atoms with van der Waals surface area (Å²) in [5, 5.41) is 0. The smallest absolute Gasteiger partial charge is 0.140 e. The van der Waals surface area contributed by atoms with Gasteiger partial charge in [0, 0.05) is 0 Å². The highest BCUT2D eigenvalue weighted by molar-refractivity contribution is 5.85. The van der Waals surface area contributed by atoms with Gasteiger partial charge in [0.25, 0.3) is 0 Å². The van der Waals surface area contributed by atoms with Crippen molar-refractivity contribution in [1.29, 1.82) is 0 Å². The predicted molar refractivity (Wildman–Crippen MR) is 58.0 cm³/mol. The third-order valence-corrected chi connectivity index (χ3v) is 3.84. The van der Waals surface area contributed by atoms with Crippen LogP contribution in [0, 0.1) is 11.3 Å². The summed E-state index contributed by atoms with van der Waals surface area (Å²) in [6.45, 7) is 1.75. The molecule has 1 atom stereocenters. The van der Waals surface area contributed by atoms with Crippen LogP contribution in [0.2, 0.25) is 0 Å². The Labute approximate surface area is 85.9 Å². The van der Waals surface area contributed by atoms with E-state index in [2.05, 4.69) is 18.2 Å². The number of Topliss-reactive ketones (excluding diaryl/α,β-unsaturated/α-hetero) is 1. The first-order valence-electron chi connectivity index (χ1n) is 5.61. The molecule has 76 valence electrons. The van der Waals surface area contributed by atoms with Crippen LogP contribution in [-0.2, 0) is 4.79 Å². The molecule has 0 heterocycles. The molecule has 0 bridgehead atoms. The summed E-state index contributed by atoms with van der Waals surface area (Å²) in [5.74, 6) is 0.950. The first kappa shape index (κ1) is 9.70. The minimum Gasteiger partial charge on any atom is -0.299 e. The number of carbonyl (C=O) groups is 1. The average Bonchev–Trinajstić information content (AvgIpc) is 2.72. The van der Waals surface area contributed by atoms with E-state index in [0.717, 1.165) is 6.42 Å². The van der Waals surface area contributed by atoms with E-state index in [0.29, 0.717) is 11.7 Å². The summed E-state index contributed by atoms with van der Waals surface area (Å²) in [6.07, 6.45) is 14.4. The van der Waals surface area contributed by atoms with E-state index in [4.69, 9.17) is 0 Å². The van der Waals surface area contributed by atoms with Crippen molar-refractivity contribution >= 4 is 5.78 Å². The van der Waals surface area contributed by atoms with Gasteiger partial charge in [0.05, 0.1) is 5.41 Å². The van der Waals surface area contributed by atoms with Crippen LogP contribution in [0.1, 0.15) is 39.0 Å². The molecule has 1 heteroatoms. The van der Waals surface area contributed by atoms with Gasteiger partial charge in [-0.1, -0.05) is 37.1 Å². The third-order valence-electron chi connectivity index (χ3n) is 3.84. The molecule has 0 aromatic heterocycles. The van der Waals surface area contributed by atoms with Gasteiger partial charge in [-0.3, -0.25) is 4.79 Å². The normalized spacial score (nSPS) is 32.4. The van der Waals surface area contributed by atoms with E-state index >= 15 is 0 Å². The molecule has 0 radical (unpaired) electrons. The molecule has 0 amide bonds. The van der Waals surface area contributed by atoms with Gasteiger partial charge in [0.15, 0.2) is 0 Å². The lowest BCUT2D eigenvalue weighted by molar-refractivity contribution is -0.126. The molecule has 0 aliphatic heterocycles. The first-order chi connectivity index (χ1) is 6.76. The lowest BCUT2D eigenvalue weighted by Crippen LogP contribution is -2.34. The molecule has 1 fully saturated rings. The number of ketones is 1. The zero-order valence-corrected chi connectivity index (χ0v) is 8.83. The lowest BCUT2D eigenvalue weighted by atomic mass is 9.68. The Morgan fingerprint density at radius 1 is 1.29 bits per heavy atom. The topological polar surface area (TPSA) is 17.1 Å². The first-order valence-corrected chi connectivity index (χ1v) is 5.61. The van der Waals surface area contributed by atoms with E-state index in [1.54, 1.807) is 6.92 Å². The molecular weight excluding hydrogens is 172 g/mol. The Hall–Kier alpha value is -0.850. The maximum absolute atomic E-state index is 11.8. The molecule has 1 nitrogen and oxygen atoms in total. The molecule has 2 aliphatic rings. The molecular formula is C13H18O. The maximum Gasteiger partial charge on any atom is 0.140 e. The standard InChI is InChI=1S/C13H18O/c1-11(14)13(9-5-2-6-10-13)12-7-3-4-8-12/h2,5-6,9,12H,3-4,7-8,10H2,1H3. The Morgan fingerprint density at radius 2 is 2.00 bits per heavy atom. The second kappa shape index (κ2) is 3.72. The van der Waals surface area contributed by atoms with E-state index in [1.165, 1.54) is 25.7 Å². The van der Waals surface area contributed by atoms with Crippen LogP contribution in [0.15, 0.2) is 24.3 Å². The Balaban J connectivity index is 2.25. The Kier molecular flexibility index (Phi) is 2.58. The van der Waals surface area contributed by atoms with E-state index in [-0.39, 0.29) is 5.41 Å². The zero-order chi connectivity index (χ0) is 10.0. The van der Waals surface area contributed by atoms with Gasteiger partial charge in [0.2, 0.25) is 0 Å². The van der Waals surface area contributed by atoms with Gasteiger partial charge in [-0.15, -0.1) is 0 Å². The highest BCUT2D eigenvalue weighted by Crippen LogP contribution is 2.45. The summed E-state index contributed by atoms with van der Waals surface area (Å²) in [5.41, 5.74) is -0.148. The van der Waals surface area contributed by atoms with Crippen LogP contribution in [0.25, 0.3) is 0 Å². The SMILES string of the molecule is CC(=O)C1(C2CCCC2)C=CC=CC1. The van der Waals surface area contributed by atoms with E-state index in [9.17, 15) is 4.79 Å². The van der Waals surface area contributed by atoms with Crippen LogP contribution in [0.5, 0.6) is 0 Å². The van der Waals surface area contributed by atoms with Crippen molar-refractivity contribution in [3.8, 4) is 0 Å². The van der Waals surface area contributed by atoms with Crippen molar-refractivity contribution in [3.63, 3.8) is 0 Å². The summed E-state index contributed by atoms with van der Waals surface area (Å²) in [4.78, 5) is 11.8. The molecule has 0 aromatic carbocycles. The summed E-state index contributed by atoms with van der Waals surface area (Å²) in [6, 6.07) is 0. The zero-order valence-electron chi connectivity index (χ0n) is 8.83. The molecule has 1 unspecified atom stereocenters. The number of allylic oxidation sites excluding steroid dienone is 4. The van der Waals surface area contributed by atoms with Crippen molar-refractivity contribution in [3.05, 3.63) is 24.3 Å². The van der Waals surface area contributed by atoms with E-state index < -0.39 is 0 Å². The van der Waals surface area contributed by atoms with Crippen molar-refractivity contribution in [2.75, 3.05) is 0 Å². The highest BCUT2D eigenvalue weighted by Gasteiger charge is 2.41. The molecule has 1 saturated carbocycles. The minimum atomic E-state index is -0.148. The van der Waals surface area contributed by atoms with Gasteiger partial charge >= 0.3 is 0 Å². The monoisotopic (exact) mass is 190 g/mol. The van der Waals surface area contributed by atoms with Gasteiger partial charge in [-0.05, 0) is 32.1 Å². The minimum absolute atomic E-state index is 0.148. The highest BCUT2D eigenvalue weighted by atomic mass is 16.1. The molecule has 0 saturated heterocycles. The van der Waals surface area contributed by atoms with E-state index in [1.807, 2.05) is 6.08 Å². The van der Waals surface area contributed by atoms with Gasteiger partial charge < -0.3 is 0 Å². The quantitative estimate of drug-likeness (QED) is 0.653. The van der Waals surface area contributed by atoms with Crippen LogP contribution < -0.4 is 0 Å². The summed E-state index contributed by atoms with van der Waals surface area (Å²) < 4.78 is 0. The molecule has 14 heavy (non-hydrogen) atoms. The molecule has 2 aliphatic carbocycles. The van der Waals surface area contributed by atoms with Crippen LogP contribution in [0.3, 0.4) is 0 Å². The van der Waals surface area contributed by atoms with Crippen molar-refractivity contribution in [2.24, 2.45) is 11.3 Å². The van der Waals surface area contributed by atoms with Gasteiger partial charge in [0.1, 0.15) is 5.78 Å². The van der Waals surface area contributed by atoms with Gasteiger partial charge in [-0.2, -0.15) is 0 Å². The van der Waals surface area contributed by atoms with Crippen molar-refractivity contribution in [2.45, 2.75) is 39.0 Å². The molecule has 0 N–H and O–H groups in total. The Morgan fingerprint density at radius 3 is 2.50 bits per heavy atom. The summed E-state index contributed by atoms with van der Waals surface area (Å²) >= 11 is 0. The fraction of sp³-hybridized carbons (Fsp3) is 0.615. The average molecular weight is 190 g/mol. The number of rotatable bonds is 2. The number of hydrogen-bond donors (Lipinski definition) is 0. The second-order valence-corrected chi connectivity index (χ2v) is 4.57. The fourth-order valence-corrected chi connectivity index (χ4v) is 2.93. The maximum atomic E-state index is 11.8. The Bertz CT molecular complexity index is 282. The van der Waals surface area contributed by atoms with Crippen LogP contribution in [0.4, 0.5) is 0 Å². The van der Waals surface area contributed by atoms with Crippen LogP contribution >= 0.6 is 0 Å². The third kappa shape index (κ3) is 1.45. The molecule has 0 spiro atoms. The largest absolute Gasteiger partial charge is 0.299 e. The number of carbonyl (C=O) groups excluding carboxylic acids is 1. The second-order valence-electron chi connectivity index (χ2n) is 4.57. The molecule has 0 aromatic rings. The predicted octanol–water partition coefficient (Wildman–Crippen LogP) is 3.27. The van der Waals surface area contributed by atoms with Crippen molar-refractivity contribution in [1.82, 2.24) is 0 Å². The summed E-state index contributed by atoms with van der Waals surface area (Å²) in [7, 11) is 0. The molecule has 2 rings (SSSR count). The van der Waals surface area contributed by atoms with Crippen molar-refractivity contribution < 1.29 is 4.79 Å². The van der Waals surface area contributed by atoms with Gasteiger partial charge in [-0.25, -0.2) is 0 Å².